The Hall–Kier alpha value is -7.14. The van der Waals surface area contributed by atoms with E-state index in [1.54, 1.807) is 120 Å². The summed E-state index contributed by atoms with van der Waals surface area (Å²) in [6.07, 6.45) is 1.54. The van der Waals surface area contributed by atoms with Gasteiger partial charge in [-0.3, -0.25) is 29.4 Å². The number of hydrogen-bond donors (Lipinski definition) is 8. The van der Waals surface area contributed by atoms with Crippen LogP contribution in [0.15, 0.2) is 257 Å². The van der Waals surface area contributed by atoms with Crippen LogP contribution in [0, 0.1) is 20.2 Å². The van der Waals surface area contributed by atoms with E-state index >= 15 is 0 Å². The number of quaternary nitrogens is 1. The number of rotatable bonds is 30. The zero-order valence-electron chi connectivity index (χ0n) is 56.9. The molecule has 0 saturated carbocycles. The van der Waals surface area contributed by atoms with Crippen molar-refractivity contribution < 1.29 is 101 Å². The predicted octanol–water partition coefficient (Wildman–Crippen LogP) is 13.1. The number of hydrogen-bond acceptors (Lipinski definition) is 25. The number of sulfonamides is 4. The number of primary sulfonamides is 1. The normalized spacial score (nSPS) is 12.8. The van der Waals surface area contributed by atoms with Gasteiger partial charge in [-0.2, -0.15) is 14.2 Å². The number of nitrogens with one attached hydrogen (secondary N) is 3. The first-order chi connectivity index (χ1) is 51.1. The van der Waals surface area contributed by atoms with E-state index in [0.717, 1.165) is 62.8 Å². The minimum Gasteiger partial charge on any atom is -0.508 e. The van der Waals surface area contributed by atoms with Crippen molar-refractivity contribution in [1.82, 2.24) is 14.2 Å². The fraction of sp³-hybridized carbons (Fsp3) is 0.185. The van der Waals surface area contributed by atoms with Crippen molar-refractivity contribution in [3.8, 4) is 11.5 Å². The maximum atomic E-state index is 13.6. The summed E-state index contributed by atoms with van der Waals surface area (Å²) in [6.45, 7) is 3.70. The van der Waals surface area contributed by atoms with Crippen LogP contribution in [-0.2, 0) is 97.9 Å². The molecule has 584 valence electrons. The lowest BCUT2D eigenvalue weighted by Gasteiger charge is -2.26. The molecule has 4 heterocycles. The second-order valence-electron chi connectivity index (χ2n) is 21.0. The monoisotopic (exact) mass is 1740 g/mol. The number of non-ortho nitro benzene ring substituents is 2. The van der Waals surface area contributed by atoms with Crippen molar-refractivity contribution in [1.29, 1.82) is 0 Å². The summed E-state index contributed by atoms with van der Waals surface area (Å²) < 4.78 is 163. The van der Waals surface area contributed by atoms with Crippen LogP contribution in [0.2, 0.25) is 0 Å². The smallest absolute Gasteiger partial charge is 0.444 e. The molecule has 0 aliphatic heterocycles. The topological polar surface area (TPSA) is 478 Å². The highest BCUT2D eigenvalue weighted by atomic mass is 35.5. The van der Waals surface area contributed by atoms with Crippen molar-refractivity contribution in [3.63, 3.8) is 0 Å². The van der Waals surface area contributed by atoms with Gasteiger partial charge < -0.3 is 33.3 Å². The molecule has 0 radical (unpaired) electrons. The van der Waals surface area contributed by atoms with Crippen molar-refractivity contribution in [2.75, 3.05) is 18.6 Å². The Bertz CT molecular complexity index is 4900. The first-order valence-electron chi connectivity index (χ1n) is 30.9. The highest BCUT2D eigenvalue weighted by Gasteiger charge is 2.43. The van der Waals surface area contributed by atoms with Crippen LogP contribution in [0.25, 0.3) is 0 Å². The van der Waals surface area contributed by atoms with E-state index in [2.05, 4.69) is 20.1 Å². The summed E-state index contributed by atoms with van der Waals surface area (Å²) in [5, 5.41) is 41.1. The molecule has 0 amide bonds. The lowest BCUT2D eigenvalue weighted by Crippen LogP contribution is -2.51. The number of benzene rings is 6. The van der Waals surface area contributed by atoms with E-state index in [0.29, 0.717) is 17.5 Å². The molecule has 30 nitrogen and oxygen atoms in total. The van der Waals surface area contributed by atoms with Crippen LogP contribution in [0.4, 0.5) is 11.4 Å². The first-order valence-corrected chi connectivity index (χ1v) is 46.4. The van der Waals surface area contributed by atoms with Crippen LogP contribution in [0.3, 0.4) is 0 Å². The van der Waals surface area contributed by atoms with Gasteiger partial charge >= 0.3 is 22.8 Å². The summed E-state index contributed by atoms with van der Waals surface area (Å²) in [5.41, 5.74) is 3.04. The fourth-order valence-corrected chi connectivity index (χ4v) is 22.1. The van der Waals surface area contributed by atoms with Gasteiger partial charge in [0, 0.05) is 49.9 Å². The number of nitro groups is 2. The molecule has 0 spiro atoms. The summed E-state index contributed by atoms with van der Waals surface area (Å²) >= 11 is 13.7. The molecule has 108 heavy (non-hydrogen) atoms. The molecule has 6 aromatic carbocycles. The number of aromatic hydroxyl groups is 1. The van der Waals surface area contributed by atoms with Crippen molar-refractivity contribution >= 4 is 149 Å². The third kappa shape index (κ3) is 33.2. The molecule has 0 bridgehead atoms. The summed E-state index contributed by atoms with van der Waals surface area (Å²) in [7, 11) is -27.7. The lowest BCUT2D eigenvalue weighted by molar-refractivity contribution is -0.640. The van der Waals surface area contributed by atoms with E-state index in [4.69, 9.17) is 51.6 Å². The predicted molar refractivity (Wildman–Crippen MR) is 417 cm³/mol. The molecule has 0 aliphatic carbocycles. The standard InChI is InChI=1S/C18H19N3O7PS2.C16H22NO5PS2.C12H14NO5PS2.C8H8O.C6H5NO3.C4H5NO2S2.CH2Cl2/c19-28-29(24,27-16-10-8-15(9-11-16)21(22)23)17(13-14-5-2-1-3-6-14)20-31(25,26)18-7-4-12-30-18;1-3-21-23(18,22-4-2)15(13-14-9-6-5-7-10-14)17-25(19,20)16-11-8-12-24-16;14-19(15,16)11(9-10-5-2-1-3-6-10)13-21(17,18)12-7-4-8-20-12;9-7-6-8-4-2-1-3-5-8;8-6-3-1-5(2-4-6)7(9)10;5-9(6,7)4-2-1-3-8-4;2-1-3/h1-12,17,20H,13H2,19H3;5-12,15,17H,3-4,13H2,1-2H3;1-8,11,13H,9H2,(H2,14,15,16);1-5,7H,6H2;1-4,8H;1-3H,(H2,5,6,7);1H2/q+1;;;;;;. The molecule has 0 fully saturated rings. The maximum Gasteiger partial charge on any atom is 0.444 e. The Morgan fingerprint density at radius 3 is 1.07 bits per heavy atom. The quantitative estimate of drug-likeness (QED) is 0.00681. The number of alkyl halides is 2. The third-order valence-electron chi connectivity index (χ3n) is 13.2. The van der Waals surface area contributed by atoms with Gasteiger partial charge in [0.05, 0.1) is 28.4 Å². The minimum atomic E-state index is -4.63. The fourth-order valence-electron chi connectivity index (χ4n) is 8.38. The molecule has 0 aliphatic rings. The van der Waals surface area contributed by atoms with Crippen LogP contribution in [0.5, 0.6) is 11.5 Å². The number of nitro benzene ring substituents is 2. The number of phenols is 1. The number of aldehydes is 1. The highest BCUT2D eigenvalue weighted by molar-refractivity contribution is 7.92. The van der Waals surface area contributed by atoms with Crippen LogP contribution < -0.4 is 29.7 Å². The Labute approximate surface area is 650 Å². The van der Waals surface area contributed by atoms with E-state index in [9.17, 15) is 82.2 Å². The number of carbonyl (C=O) groups is 1. The molecule has 4 aromatic heterocycles. The summed E-state index contributed by atoms with van der Waals surface area (Å²) in [4.78, 5) is 48.5. The molecule has 11 N–H and O–H groups in total. The Morgan fingerprint density at radius 2 is 0.796 bits per heavy atom. The highest BCUT2D eigenvalue weighted by Crippen LogP contribution is 2.54. The Morgan fingerprint density at radius 1 is 0.491 bits per heavy atom. The number of nitrogens with zero attached hydrogens (tertiary/aromatic N) is 2. The lowest BCUT2D eigenvalue weighted by atomic mass is 10.1. The van der Waals surface area contributed by atoms with Gasteiger partial charge in [-0.25, -0.2) is 49.3 Å². The van der Waals surface area contributed by atoms with Crippen LogP contribution >= 0.6 is 91.3 Å². The van der Waals surface area contributed by atoms with Gasteiger partial charge in [-0.1, -0.05) is 146 Å². The zero-order chi connectivity index (χ0) is 80.0. The molecule has 10 rings (SSSR count). The van der Waals surface area contributed by atoms with Crippen molar-refractivity contribution in [2.24, 2.45) is 5.14 Å². The van der Waals surface area contributed by atoms with Gasteiger partial charge in [0.15, 0.2) is 0 Å². The first kappa shape index (κ1) is 93.2. The SMILES string of the molecule is CCOP(=O)(OCC)C(Cc1ccccc1)NS(=O)(=O)c1cccs1.ClCCl.NS(=O)(=O)c1cccs1.O=CCc1ccccc1.O=P(O)(O)C(Cc1ccccc1)NS(=O)(=O)c1cccs1.O=[N+]([O-])c1ccc(O)cc1.[NH3+]OP(=O)(Oc1ccc([N+](=O)[O-])cc1)C(Cc1ccccc1)NS(=O)(=O)c1cccs1. The van der Waals surface area contributed by atoms with Crippen LogP contribution in [0.1, 0.15) is 36.1 Å². The zero-order valence-corrected chi connectivity index (χ0v) is 67.6. The van der Waals surface area contributed by atoms with Crippen molar-refractivity contribution in [3.05, 3.63) is 282 Å². The average molecular weight is 1740 g/mol. The maximum absolute atomic E-state index is 13.6. The van der Waals surface area contributed by atoms with Gasteiger partial charge in [0.25, 0.3) is 41.4 Å². The number of carbonyl (C=O) groups excluding carboxylic acids is 1. The minimum absolute atomic E-state index is 0.00552. The molecular weight excluding hydrogens is 1670 g/mol. The van der Waals surface area contributed by atoms with E-state index < -0.39 is 90.1 Å². The number of halogens is 2. The summed E-state index contributed by atoms with van der Waals surface area (Å²) in [5.74, 6) is -0.551. The van der Waals surface area contributed by atoms with Gasteiger partial charge in [-0.15, -0.1) is 73.2 Å². The molecule has 10 aromatic rings. The molecule has 43 heteroatoms. The summed E-state index contributed by atoms with van der Waals surface area (Å²) in [6, 6.07) is 58.3. The second kappa shape index (κ2) is 46.5. The van der Waals surface area contributed by atoms with Gasteiger partial charge in [-0.05, 0) is 106 Å². The van der Waals surface area contributed by atoms with Crippen molar-refractivity contribution in [2.45, 2.75) is 73.7 Å². The van der Waals surface area contributed by atoms with Gasteiger partial charge in [0.2, 0.25) is 10.0 Å². The molecule has 0 saturated heterocycles. The largest absolute Gasteiger partial charge is 0.508 e. The molecular formula is C65H75Cl2N7O23P3S8+. The number of thiophene rings is 4. The Kier molecular flexibility index (Phi) is 40.2. The average Bonchev–Trinajstić information content (AvgIpc) is 1.11. The van der Waals surface area contributed by atoms with E-state index in [1.165, 1.54) is 72.8 Å². The number of nitrogens with two attached hydrogens (primary N) is 1. The van der Waals surface area contributed by atoms with E-state index in [1.807, 2.05) is 60.7 Å². The second-order valence-corrected chi connectivity index (χ2v) is 39.3. The third-order valence-corrected chi connectivity index (χ3v) is 30.0. The van der Waals surface area contributed by atoms with E-state index in [-0.39, 0.29) is 77.5 Å². The van der Waals surface area contributed by atoms with Gasteiger partial charge in [0.1, 0.15) is 52.0 Å². The van der Waals surface area contributed by atoms with Crippen LogP contribution in [-0.4, -0.2) is 101 Å². The number of phenolic OH excluding ortho intramolecular Hbond substituents is 1. The molecule has 4 atom stereocenters. The Balaban J connectivity index is 0.000000288. The molecule has 4 unspecified atom stereocenters.